The van der Waals surface area contributed by atoms with Crippen molar-refractivity contribution in [3.05, 3.63) is 81.6 Å². The third-order valence-corrected chi connectivity index (χ3v) is 6.05. The van der Waals surface area contributed by atoms with Crippen molar-refractivity contribution >= 4 is 46.7 Å². The van der Waals surface area contributed by atoms with Gasteiger partial charge < -0.3 is 19.0 Å². The Labute approximate surface area is 205 Å². The van der Waals surface area contributed by atoms with Crippen LogP contribution in [0.3, 0.4) is 0 Å². The number of benzene rings is 2. The minimum absolute atomic E-state index is 0.0137. The van der Waals surface area contributed by atoms with Crippen LogP contribution in [0, 0.1) is 0 Å². The van der Waals surface area contributed by atoms with Gasteiger partial charge in [-0.25, -0.2) is 0 Å². The molecule has 0 unspecified atom stereocenters. The van der Waals surface area contributed by atoms with Crippen LogP contribution in [0.25, 0.3) is 6.08 Å². The summed E-state index contributed by atoms with van der Waals surface area (Å²) in [6.07, 6.45) is 4.66. The zero-order valence-electron chi connectivity index (χ0n) is 18.3. The highest BCUT2D eigenvalue weighted by molar-refractivity contribution is 8.18. The molecular formula is C24H20ClN3O5S. The van der Waals surface area contributed by atoms with E-state index in [9.17, 15) is 9.90 Å². The molecule has 1 aromatic heterocycles. The Kier molecular flexibility index (Phi) is 7.24. The number of thioether (sulfide) groups is 1. The Morgan fingerprint density at radius 3 is 2.71 bits per heavy atom. The number of halogens is 1. The molecule has 1 fully saturated rings. The minimum atomic E-state index is -0.291. The average Bonchev–Trinajstić information content (AvgIpc) is 3.45. The molecule has 174 valence electrons. The fraction of sp³-hybridized carbons (Fsp3) is 0.125. The number of ether oxygens (including phenoxy) is 2. The number of phenols is 1. The number of furan rings is 1. The third-order valence-electron chi connectivity index (χ3n) is 4.82. The zero-order chi connectivity index (χ0) is 24.1. The van der Waals surface area contributed by atoms with Crippen LogP contribution in [0.5, 0.6) is 17.2 Å². The zero-order valence-corrected chi connectivity index (χ0v) is 19.8. The lowest BCUT2D eigenvalue weighted by atomic mass is 10.2. The minimum Gasteiger partial charge on any atom is -0.507 e. The van der Waals surface area contributed by atoms with E-state index in [1.807, 2.05) is 6.07 Å². The standard InChI is InChI=1S/C24H20ClN3O5S/c1-31-20-8-5-15(10-21(20)32-2)13-26-27-24-28(14-18-4-3-9-33-18)23(30)22(34-24)12-16-11-17(25)6-7-19(16)29/h3-13,29H,14H2,1-2H3/b22-12-,26-13-,27-24+. The van der Waals surface area contributed by atoms with Gasteiger partial charge in [-0.2, -0.15) is 5.10 Å². The quantitative estimate of drug-likeness (QED) is 0.275. The van der Waals surface area contributed by atoms with Gasteiger partial charge in [0.2, 0.25) is 0 Å². The largest absolute Gasteiger partial charge is 0.507 e. The van der Waals surface area contributed by atoms with Crippen LogP contribution in [0.2, 0.25) is 5.02 Å². The number of hydrogen-bond donors (Lipinski definition) is 1. The Bertz CT molecular complexity index is 1290. The number of rotatable bonds is 7. The molecule has 0 saturated carbocycles. The molecule has 0 aliphatic carbocycles. The molecule has 3 aromatic rings. The first-order chi connectivity index (χ1) is 16.5. The van der Waals surface area contributed by atoms with Crippen LogP contribution in [0.1, 0.15) is 16.9 Å². The second kappa shape index (κ2) is 10.5. The highest BCUT2D eigenvalue weighted by Gasteiger charge is 2.34. The fourth-order valence-corrected chi connectivity index (χ4v) is 4.25. The van der Waals surface area contributed by atoms with E-state index in [2.05, 4.69) is 10.2 Å². The summed E-state index contributed by atoms with van der Waals surface area (Å²) in [5, 5.41) is 19.4. The summed E-state index contributed by atoms with van der Waals surface area (Å²) in [5.41, 5.74) is 1.17. The van der Waals surface area contributed by atoms with E-state index < -0.39 is 0 Å². The Morgan fingerprint density at radius 2 is 1.97 bits per heavy atom. The van der Waals surface area contributed by atoms with Crippen LogP contribution < -0.4 is 9.47 Å². The summed E-state index contributed by atoms with van der Waals surface area (Å²) >= 11 is 7.18. The Morgan fingerprint density at radius 1 is 1.15 bits per heavy atom. The lowest BCUT2D eigenvalue weighted by Gasteiger charge is -2.12. The first-order valence-electron chi connectivity index (χ1n) is 10.0. The fourth-order valence-electron chi connectivity index (χ4n) is 3.14. The lowest BCUT2D eigenvalue weighted by molar-refractivity contribution is -0.122. The molecule has 1 aliphatic rings. The number of carbonyl (C=O) groups excluding carboxylic acids is 1. The molecule has 0 atom stereocenters. The summed E-state index contributed by atoms with van der Waals surface area (Å²) in [5.74, 6) is 1.49. The average molecular weight is 498 g/mol. The highest BCUT2D eigenvalue weighted by atomic mass is 35.5. The van der Waals surface area contributed by atoms with Gasteiger partial charge in [-0.15, -0.1) is 5.10 Å². The van der Waals surface area contributed by atoms with Crippen LogP contribution in [0.15, 0.2) is 74.3 Å². The van der Waals surface area contributed by atoms with Gasteiger partial charge in [-0.1, -0.05) is 11.6 Å². The molecule has 0 bridgehead atoms. The predicted octanol–water partition coefficient (Wildman–Crippen LogP) is 5.16. The van der Waals surface area contributed by atoms with Crippen molar-refractivity contribution in [2.24, 2.45) is 10.2 Å². The van der Waals surface area contributed by atoms with Crippen molar-refractivity contribution in [1.29, 1.82) is 0 Å². The van der Waals surface area contributed by atoms with Crippen LogP contribution in [-0.2, 0) is 11.3 Å². The summed E-state index contributed by atoms with van der Waals surface area (Å²) in [4.78, 5) is 15.0. The van der Waals surface area contributed by atoms with E-state index in [1.54, 1.807) is 62.9 Å². The number of nitrogens with zero attached hydrogens (tertiary/aromatic N) is 3. The van der Waals surface area contributed by atoms with E-state index in [-0.39, 0.29) is 18.2 Å². The number of amides is 1. The molecule has 8 nitrogen and oxygen atoms in total. The van der Waals surface area contributed by atoms with E-state index in [4.69, 9.17) is 25.5 Å². The van der Waals surface area contributed by atoms with Crippen molar-refractivity contribution < 1.29 is 23.8 Å². The maximum absolute atomic E-state index is 13.1. The van der Waals surface area contributed by atoms with Gasteiger partial charge in [0, 0.05) is 10.6 Å². The molecule has 0 spiro atoms. The molecule has 2 aromatic carbocycles. The van der Waals surface area contributed by atoms with E-state index >= 15 is 0 Å². The van der Waals surface area contributed by atoms with Crippen molar-refractivity contribution in [3.63, 3.8) is 0 Å². The van der Waals surface area contributed by atoms with Crippen LogP contribution >= 0.6 is 23.4 Å². The molecule has 1 aliphatic heterocycles. The van der Waals surface area contributed by atoms with Gasteiger partial charge >= 0.3 is 0 Å². The second-order valence-corrected chi connectivity index (χ2v) is 8.47. The first-order valence-corrected chi connectivity index (χ1v) is 11.2. The number of methoxy groups -OCH3 is 2. The molecule has 10 heteroatoms. The molecule has 34 heavy (non-hydrogen) atoms. The molecular weight excluding hydrogens is 478 g/mol. The lowest BCUT2D eigenvalue weighted by Crippen LogP contribution is -2.28. The number of hydrogen-bond acceptors (Lipinski definition) is 8. The number of amidine groups is 1. The monoisotopic (exact) mass is 497 g/mol. The van der Waals surface area contributed by atoms with Crippen molar-refractivity contribution in [1.82, 2.24) is 4.90 Å². The molecule has 1 N–H and O–H groups in total. The number of aromatic hydroxyl groups is 1. The van der Waals surface area contributed by atoms with E-state index in [0.717, 1.165) is 17.3 Å². The SMILES string of the molecule is COc1ccc(/C=N\N=C2\S/C(=C\c3cc(Cl)ccc3O)C(=O)N2Cc2ccco2)cc1OC. The third kappa shape index (κ3) is 5.27. The van der Waals surface area contributed by atoms with E-state index in [0.29, 0.717) is 37.9 Å². The second-order valence-electron chi connectivity index (χ2n) is 7.03. The first kappa shape index (κ1) is 23.5. The predicted molar refractivity (Wildman–Crippen MR) is 133 cm³/mol. The molecule has 2 heterocycles. The summed E-state index contributed by atoms with van der Waals surface area (Å²) in [6.45, 7) is 0.183. The number of carbonyl (C=O) groups is 1. The topological polar surface area (TPSA) is 96.9 Å². The Hall–Kier alpha value is -3.69. The van der Waals surface area contributed by atoms with Crippen molar-refractivity contribution in [3.8, 4) is 17.2 Å². The molecule has 0 radical (unpaired) electrons. The normalized spacial score (nSPS) is 16.2. The number of phenolic OH excluding ortho intramolecular Hbond substituents is 1. The van der Waals surface area contributed by atoms with Crippen molar-refractivity contribution in [2.75, 3.05) is 14.2 Å². The maximum Gasteiger partial charge on any atom is 0.267 e. The van der Waals surface area contributed by atoms with Gasteiger partial charge in [0.25, 0.3) is 5.91 Å². The van der Waals surface area contributed by atoms with Gasteiger partial charge in [0.15, 0.2) is 16.7 Å². The van der Waals surface area contributed by atoms with Crippen LogP contribution in [0.4, 0.5) is 0 Å². The highest BCUT2D eigenvalue weighted by Crippen LogP contribution is 2.36. The van der Waals surface area contributed by atoms with Gasteiger partial charge in [0.1, 0.15) is 11.5 Å². The summed E-state index contributed by atoms with van der Waals surface area (Å²) in [6, 6.07) is 13.5. The summed E-state index contributed by atoms with van der Waals surface area (Å²) in [7, 11) is 3.12. The smallest absolute Gasteiger partial charge is 0.267 e. The van der Waals surface area contributed by atoms with E-state index in [1.165, 1.54) is 17.2 Å². The van der Waals surface area contributed by atoms with Gasteiger partial charge in [0.05, 0.1) is 38.1 Å². The molecule has 1 amide bonds. The maximum atomic E-state index is 13.1. The van der Waals surface area contributed by atoms with Crippen molar-refractivity contribution in [2.45, 2.75) is 6.54 Å². The van der Waals surface area contributed by atoms with Crippen LogP contribution in [-0.4, -0.2) is 41.5 Å². The summed E-state index contributed by atoms with van der Waals surface area (Å²) < 4.78 is 16.0. The van der Waals surface area contributed by atoms with Gasteiger partial charge in [-0.3, -0.25) is 9.69 Å². The van der Waals surface area contributed by atoms with Gasteiger partial charge in [-0.05, 0) is 71.9 Å². The molecule has 1 saturated heterocycles. The molecule has 4 rings (SSSR count). The Balaban J connectivity index is 1.64.